The summed E-state index contributed by atoms with van der Waals surface area (Å²) in [6.45, 7) is 6.52. The summed E-state index contributed by atoms with van der Waals surface area (Å²) in [5.41, 5.74) is 5.61. The molecule has 7 heteroatoms. The van der Waals surface area contributed by atoms with Gasteiger partial charge in [0.1, 0.15) is 6.61 Å². The lowest BCUT2D eigenvalue weighted by molar-refractivity contribution is 0.141. The van der Waals surface area contributed by atoms with Gasteiger partial charge in [0.15, 0.2) is 0 Å². The van der Waals surface area contributed by atoms with Gasteiger partial charge in [0.25, 0.3) is 0 Å². The van der Waals surface area contributed by atoms with Crippen LogP contribution in [0.5, 0.6) is 6.01 Å². The van der Waals surface area contributed by atoms with Crippen LogP contribution in [-0.2, 0) is 4.74 Å². The van der Waals surface area contributed by atoms with E-state index in [1.165, 1.54) is 0 Å². The Morgan fingerprint density at radius 2 is 1.82 bits per heavy atom. The fourth-order valence-corrected chi connectivity index (χ4v) is 1.29. The van der Waals surface area contributed by atoms with Gasteiger partial charge in [0.2, 0.25) is 11.9 Å². The largest absolute Gasteiger partial charge is 0.461 e. The number of hydrogen-bond donors (Lipinski definition) is 1. The van der Waals surface area contributed by atoms with Crippen LogP contribution in [0.1, 0.15) is 13.8 Å². The van der Waals surface area contributed by atoms with Crippen LogP contribution in [0.2, 0.25) is 0 Å². The van der Waals surface area contributed by atoms with Gasteiger partial charge in [-0.1, -0.05) is 0 Å². The van der Waals surface area contributed by atoms with Gasteiger partial charge in [-0.2, -0.15) is 15.0 Å². The molecule has 0 spiro atoms. The van der Waals surface area contributed by atoms with E-state index in [2.05, 4.69) is 15.0 Å². The Balaban J connectivity index is 2.78. The van der Waals surface area contributed by atoms with Gasteiger partial charge in [-0.3, -0.25) is 0 Å². The first-order valence-electron chi connectivity index (χ1n) is 5.59. The van der Waals surface area contributed by atoms with Crippen molar-refractivity contribution >= 4 is 11.9 Å². The molecule has 1 aromatic heterocycles. The zero-order valence-electron chi connectivity index (χ0n) is 10.5. The highest BCUT2D eigenvalue weighted by Gasteiger charge is 2.10. The average molecular weight is 241 g/mol. The summed E-state index contributed by atoms with van der Waals surface area (Å²) in [7, 11) is 1.60. The molecule has 0 atom stereocenters. The van der Waals surface area contributed by atoms with Crippen molar-refractivity contribution in [2.24, 2.45) is 0 Å². The quantitative estimate of drug-likeness (QED) is 0.688. The van der Waals surface area contributed by atoms with Gasteiger partial charge < -0.3 is 20.1 Å². The molecule has 1 aromatic rings. The number of rotatable bonds is 7. The lowest BCUT2D eigenvalue weighted by Crippen LogP contribution is -2.25. The molecule has 1 heterocycles. The lowest BCUT2D eigenvalue weighted by Gasteiger charge is -2.18. The number of nitrogen functional groups attached to an aromatic ring is 1. The molecule has 0 fully saturated rings. The third kappa shape index (κ3) is 4.03. The Bertz CT molecular complexity index is 343. The highest BCUT2D eigenvalue weighted by Crippen LogP contribution is 2.12. The standard InChI is InChI=1S/C10H19N5O2/c1-4-15(5-2)9-12-8(11)13-10(14-9)17-7-6-16-3/h4-7H2,1-3H3,(H2,11,12,13,14). The molecular weight excluding hydrogens is 222 g/mol. The van der Waals surface area contributed by atoms with E-state index in [-0.39, 0.29) is 12.0 Å². The van der Waals surface area contributed by atoms with E-state index in [0.717, 1.165) is 13.1 Å². The number of nitrogens with zero attached hydrogens (tertiary/aromatic N) is 4. The minimum Gasteiger partial charge on any atom is -0.461 e. The molecule has 0 aliphatic heterocycles. The average Bonchev–Trinajstić information content (AvgIpc) is 2.30. The predicted octanol–water partition coefficient (Wildman–Crippen LogP) is 0.325. The summed E-state index contributed by atoms with van der Waals surface area (Å²) < 4.78 is 10.2. The third-order valence-corrected chi connectivity index (χ3v) is 2.19. The molecule has 0 unspecified atom stereocenters. The van der Waals surface area contributed by atoms with Crippen LogP contribution in [0.4, 0.5) is 11.9 Å². The summed E-state index contributed by atoms with van der Waals surface area (Å²) in [4.78, 5) is 14.1. The van der Waals surface area contributed by atoms with Crippen molar-refractivity contribution in [2.75, 3.05) is 44.0 Å². The zero-order chi connectivity index (χ0) is 12.7. The molecule has 0 aliphatic rings. The summed E-state index contributed by atoms with van der Waals surface area (Å²) in [5, 5.41) is 0. The SMILES string of the molecule is CCN(CC)c1nc(N)nc(OCCOC)n1. The molecule has 2 N–H and O–H groups in total. The van der Waals surface area contributed by atoms with E-state index in [0.29, 0.717) is 19.2 Å². The van der Waals surface area contributed by atoms with Crippen molar-refractivity contribution in [3.63, 3.8) is 0 Å². The zero-order valence-corrected chi connectivity index (χ0v) is 10.5. The molecule has 0 saturated heterocycles. The molecular formula is C10H19N5O2. The molecule has 96 valence electrons. The summed E-state index contributed by atoms with van der Waals surface area (Å²) in [5.74, 6) is 0.698. The fraction of sp³-hybridized carbons (Fsp3) is 0.700. The second kappa shape index (κ2) is 6.85. The predicted molar refractivity (Wildman–Crippen MR) is 65.2 cm³/mol. The van der Waals surface area contributed by atoms with E-state index < -0.39 is 0 Å². The number of aromatic nitrogens is 3. The summed E-state index contributed by atoms with van der Waals surface area (Å²) in [6, 6.07) is 0.233. The maximum atomic E-state index is 5.61. The smallest absolute Gasteiger partial charge is 0.323 e. The molecule has 0 bridgehead atoms. The Kier molecular flexibility index (Phi) is 5.41. The van der Waals surface area contributed by atoms with Gasteiger partial charge in [0.05, 0.1) is 6.61 Å². The van der Waals surface area contributed by atoms with E-state index in [4.69, 9.17) is 15.2 Å². The van der Waals surface area contributed by atoms with Crippen molar-refractivity contribution in [1.29, 1.82) is 0 Å². The first-order chi connectivity index (χ1) is 8.21. The van der Waals surface area contributed by atoms with Crippen molar-refractivity contribution in [2.45, 2.75) is 13.8 Å². The van der Waals surface area contributed by atoms with Crippen molar-refractivity contribution in [3.8, 4) is 6.01 Å². The molecule has 1 rings (SSSR count). The second-order valence-electron chi connectivity index (χ2n) is 3.29. The van der Waals surface area contributed by atoms with Crippen LogP contribution in [0.15, 0.2) is 0 Å². The second-order valence-corrected chi connectivity index (χ2v) is 3.29. The number of ether oxygens (including phenoxy) is 2. The Hall–Kier alpha value is -1.63. The van der Waals surface area contributed by atoms with Crippen LogP contribution in [-0.4, -0.2) is 48.4 Å². The Morgan fingerprint density at radius 3 is 2.41 bits per heavy atom. The van der Waals surface area contributed by atoms with E-state index in [9.17, 15) is 0 Å². The normalized spacial score (nSPS) is 10.3. The highest BCUT2D eigenvalue weighted by molar-refractivity contribution is 5.35. The molecule has 17 heavy (non-hydrogen) atoms. The molecule has 0 aromatic carbocycles. The van der Waals surface area contributed by atoms with Crippen LogP contribution >= 0.6 is 0 Å². The summed E-state index contributed by atoms with van der Waals surface area (Å²) in [6.07, 6.45) is 0. The topological polar surface area (TPSA) is 86.4 Å². The van der Waals surface area contributed by atoms with Crippen molar-refractivity contribution < 1.29 is 9.47 Å². The first kappa shape index (κ1) is 13.4. The third-order valence-electron chi connectivity index (χ3n) is 2.19. The van der Waals surface area contributed by atoms with Crippen LogP contribution in [0.3, 0.4) is 0 Å². The van der Waals surface area contributed by atoms with E-state index in [1.54, 1.807) is 7.11 Å². The Labute approximate surface area is 101 Å². The highest BCUT2D eigenvalue weighted by atomic mass is 16.5. The molecule has 0 saturated carbocycles. The van der Waals surface area contributed by atoms with Crippen LogP contribution < -0.4 is 15.4 Å². The first-order valence-corrected chi connectivity index (χ1v) is 5.59. The number of nitrogens with two attached hydrogens (primary N) is 1. The summed E-state index contributed by atoms with van der Waals surface area (Å²) >= 11 is 0. The molecule has 7 nitrogen and oxygen atoms in total. The van der Waals surface area contributed by atoms with E-state index in [1.807, 2.05) is 18.7 Å². The Morgan fingerprint density at radius 1 is 1.12 bits per heavy atom. The van der Waals surface area contributed by atoms with Gasteiger partial charge in [-0.05, 0) is 13.8 Å². The monoisotopic (exact) mass is 241 g/mol. The fourth-order valence-electron chi connectivity index (χ4n) is 1.29. The van der Waals surface area contributed by atoms with Gasteiger partial charge in [-0.15, -0.1) is 0 Å². The van der Waals surface area contributed by atoms with E-state index >= 15 is 0 Å². The minimum absolute atomic E-state index is 0.161. The van der Waals surface area contributed by atoms with Crippen LogP contribution in [0.25, 0.3) is 0 Å². The molecule has 0 radical (unpaired) electrons. The maximum Gasteiger partial charge on any atom is 0.323 e. The van der Waals surface area contributed by atoms with Crippen LogP contribution in [0, 0.1) is 0 Å². The minimum atomic E-state index is 0.161. The lowest BCUT2D eigenvalue weighted by atomic mass is 10.5. The molecule has 0 amide bonds. The van der Waals surface area contributed by atoms with Gasteiger partial charge >= 0.3 is 6.01 Å². The van der Waals surface area contributed by atoms with Crippen molar-refractivity contribution in [1.82, 2.24) is 15.0 Å². The number of methoxy groups -OCH3 is 1. The molecule has 0 aliphatic carbocycles. The van der Waals surface area contributed by atoms with Gasteiger partial charge in [0, 0.05) is 20.2 Å². The number of anilines is 2. The maximum absolute atomic E-state index is 5.61. The number of hydrogen-bond acceptors (Lipinski definition) is 7. The van der Waals surface area contributed by atoms with Crippen molar-refractivity contribution in [3.05, 3.63) is 0 Å². The van der Waals surface area contributed by atoms with Gasteiger partial charge in [-0.25, -0.2) is 0 Å².